The third-order valence-corrected chi connectivity index (χ3v) is 3.10. The van der Waals surface area contributed by atoms with E-state index in [1.165, 1.54) is 0 Å². The van der Waals surface area contributed by atoms with Crippen LogP contribution in [0, 0.1) is 0 Å². The van der Waals surface area contributed by atoms with Crippen molar-refractivity contribution in [3.8, 4) is 5.75 Å². The Bertz CT molecular complexity index is 452. The summed E-state index contributed by atoms with van der Waals surface area (Å²) >= 11 is 0. The van der Waals surface area contributed by atoms with Gasteiger partial charge in [0.15, 0.2) is 0 Å². The lowest BCUT2D eigenvalue weighted by Gasteiger charge is -2.22. The first-order valence-electron chi connectivity index (χ1n) is 7.53. The Kier molecular flexibility index (Phi) is 6.69. The minimum atomic E-state index is 0.0421. The van der Waals surface area contributed by atoms with E-state index in [-0.39, 0.29) is 11.4 Å². The zero-order chi connectivity index (χ0) is 15.9. The van der Waals surface area contributed by atoms with Gasteiger partial charge in [-0.25, -0.2) is 0 Å². The predicted molar refractivity (Wildman–Crippen MR) is 86.5 cm³/mol. The average molecular weight is 292 g/mol. The minimum Gasteiger partial charge on any atom is -0.494 e. The van der Waals surface area contributed by atoms with Crippen LogP contribution in [0.5, 0.6) is 5.75 Å². The Balaban J connectivity index is 2.52. The SMILES string of the molecule is CCOc1ccccc1CN(C)C(=O)CCNC(C)(C)C. The molecule has 1 amide bonds. The molecule has 0 heterocycles. The molecule has 0 unspecified atom stereocenters. The second-order valence-corrected chi connectivity index (χ2v) is 6.22. The number of amides is 1. The molecule has 118 valence electrons. The smallest absolute Gasteiger partial charge is 0.223 e. The van der Waals surface area contributed by atoms with Crippen LogP contribution in [0.3, 0.4) is 0 Å². The van der Waals surface area contributed by atoms with Crippen molar-refractivity contribution in [2.45, 2.75) is 46.2 Å². The monoisotopic (exact) mass is 292 g/mol. The van der Waals surface area contributed by atoms with Crippen molar-refractivity contribution in [3.63, 3.8) is 0 Å². The zero-order valence-electron chi connectivity index (χ0n) is 13.9. The first-order valence-corrected chi connectivity index (χ1v) is 7.53. The molecule has 0 aliphatic heterocycles. The van der Waals surface area contributed by atoms with Crippen molar-refractivity contribution < 1.29 is 9.53 Å². The van der Waals surface area contributed by atoms with Crippen molar-refractivity contribution in [1.29, 1.82) is 0 Å². The lowest BCUT2D eigenvalue weighted by molar-refractivity contribution is -0.130. The van der Waals surface area contributed by atoms with Gasteiger partial charge in [0, 0.05) is 37.7 Å². The highest BCUT2D eigenvalue weighted by molar-refractivity contribution is 5.76. The number of nitrogens with zero attached hydrogens (tertiary/aromatic N) is 1. The van der Waals surface area contributed by atoms with Crippen molar-refractivity contribution >= 4 is 5.91 Å². The molecule has 1 aromatic rings. The Morgan fingerprint density at radius 2 is 1.95 bits per heavy atom. The van der Waals surface area contributed by atoms with Gasteiger partial charge in [-0.15, -0.1) is 0 Å². The van der Waals surface area contributed by atoms with Gasteiger partial charge >= 0.3 is 0 Å². The van der Waals surface area contributed by atoms with Crippen LogP contribution in [-0.2, 0) is 11.3 Å². The minimum absolute atomic E-state index is 0.0421. The second-order valence-electron chi connectivity index (χ2n) is 6.22. The number of benzene rings is 1. The summed E-state index contributed by atoms with van der Waals surface area (Å²) in [6, 6.07) is 7.86. The Morgan fingerprint density at radius 1 is 1.29 bits per heavy atom. The van der Waals surface area contributed by atoms with Gasteiger partial charge in [0.2, 0.25) is 5.91 Å². The standard InChI is InChI=1S/C17H28N2O2/c1-6-21-15-10-8-7-9-14(15)13-19(5)16(20)11-12-18-17(2,3)4/h7-10,18H,6,11-13H2,1-5H3. The molecule has 0 saturated heterocycles. The second kappa shape index (κ2) is 8.03. The average Bonchev–Trinajstić information content (AvgIpc) is 2.39. The summed E-state index contributed by atoms with van der Waals surface area (Å²) < 4.78 is 5.59. The predicted octanol–water partition coefficient (Wildman–Crippen LogP) is 2.82. The molecule has 0 aliphatic carbocycles. The van der Waals surface area contributed by atoms with E-state index in [2.05, 4.69) is 26.1 Å². The largest absolute Gasteiger partial charge is 0.494 e. The molecule has 1 aromatic carbocycles. The molecule has 21 heavy (non-hydrogen) atoms. The van der Waals surface area contributed by atoms with Crippen LogP contribution in [0.25, 0.3) is 0 Å². The third-order valence-electron chi connectivity index (χ3n) is 3.10. The van der Waals surface area contributed by atoms with Crippen molar-refractivity contribution in [1.82, 2.24) is 10.2 Å². The number of para-hydroxylation sites is 1. The van der Waals surface area contributed by atoms with E-state index >= 15 is 0 Å². The van der Waals surface area contributed by atoms with E-state index in [9.17, 15) is 4.79 Å². The summed E-state index contributed by atoms with van der Waals surface area (Å²) in [5.74, 6) is 0.991. The van der Waals surface area contributed by atoms with Crippen LogP contribution in [0.1, 0.15) is 39.7 Å². The number of hydrogen-bond acceptors (Lipinski definition) is 3. The molecule has 0 fully saturated rings. The first kappa shape index (κ1) is 17.5. The highest BCUT2D eigenvalue weighted by Gasteiger charge is 2.14. The van der Waals surface area contributed by atoms with Crippen molar-refractivity contribution in [3.05, 3.63) is 29.8 Å². The van der Waals surface area contributed by atoms with Gasteiger partial charge in [-0.05, 0) is 33.8 Å². The highest BCUT2D eigenvalue weighted by atomic mass is 16.5. The van der Waals surface area contributed by atoms with Gasteiger partial charge in [-0.1, -0.05) is 18.2 Å². The topological polar surface area (TPSA) is 41.6 Å². The third kappa shape index (κ3) is 6.63. The van der Waals surface area contributed by atoms with E-state index < -0.39 is 0 Å². The number of carbonyl (C=O) groups is 1. The maximum Gasteiger partial charge on any atom is 0.223 e. The first-order chi connectivity index (χ1) is 9.83. The summed E-state index contributed by atoms with van der Waals surface area (Å²) in [6.45, 7) is 10.1. The number of nitrogens with one attached hydrogen (secondary N) is 1. The van der Waals surface area contributed by atoms with Gasteiger partial charge < -0.3 is 15.0 Å². The number of rotatable bonds is 7. The number of hydrogen-bond donors (Lipinski definition) is 1. The fourth-order valence-corrected chi connectivity index (χ4v) is 2.01. The summed E-state index contributed by atoms with van der Waals surface area (Å²) in [4.78, 5) is 13.9. The van der Waals surface area contributed by atoms with Gasteiger partial charge in [-0.3, -0.25) is 4.79 Å². The maximum absolute atomic E-state index is 12.1. The molecular weight excluding hydrogens is 264 g/mol. The van der Waals surface area contributed by atoms with Crippen LogP contribution in [0.2, 0.25) is 0 Å². The van der Waals surface area contributed by atoms with E-state index in [0.29, 0.717) is 26.1 Å². The fourth-order valence-electron chi connectivity index (χ4n) is 2.01. The van der Waals surface area contributed by atoms with E-state index in [0.717, 1.165) is 11.3 Å². The maximum atomic E-state index is 12.1. The zero-order valence-corrected chi connectivity index (χ0v) is 13.9. The van der Waals surface area contributed by atoms with Gasteiger partial charge in [0.25, 0.3) is 0 Å². The van der Waals surface area contributed by atoms with Crippen LogP contribution >= 0.6 is 0 Å². The normalized spacial score (nSPS) is 11.3. The van der Waals surface area contributed by atoms with E-state index in [1.54, 1.807) is 4.90 Å². The molecule has 0 bridgehead atoms. The Labute approximate surface area is 128 Å². The molecular formula is C17H28N2O2. The fraction of sp³-hybridized carbons (Fsp3) is 0.588. The van der Waals surface area contributed by atoms with Gasteiger partial charge in [-0.2, -0.15) is 0 Å². The van der Waals surface area contributed by atoms with E-state index in [4.69, 9.17) is 4.74 Å². The number of carbonyl (C=O) groups excluding carboxylic acids is 1. The molecule has 0 atom stereocenters. The lowest BCUT2D eigenvalue weighted by Crippen LogP contribution is -2.38. The molecule has 0 radical (unpaired) electrons. The molecule has 4 nitrogen and oxygen atoms in total. The Hall–Kier alpha value is -1.55. The Morgan fingerprint density at radius 3 is 2.57 bits per heavy atom. The van der Waals surface area contributed by atoms with Crippen molar-refractivity contribution in [2.75, 3.05) is 20.2 Å². The molecule has 0 aliphatic rings. The summed E-state index contributed by atoms with van der Waals surface area (Å²) in [5, 5.41) is 3.33. The molecule has 1 rings (SSSR count). The molecule has 0 saturated carbocycles. The summed E-state index contributed by atoms with van der Waals surface area (Å²) in [7, 11) is 1.84. The van der Waals surface area contributed by atoms with Crippen molar-refractivity contribution in [2.24, 2.45) is 0 Å². The molecule has 1 N–H and O–H groups in total. The van der Waals surface area contributed by atoms with Crippen LogP contribution in [0.15, 0.2) is 24.3 Å². The summed E-state index contributed by atoms with van der Waals surface area (Å²) in [5.41, 5.74) is 1.08. The van der Waals surface area contributed by atoms with Crippen LogP contribution in [0.4, 0.5) is 0 Å². The molecule has 4 heteroatoms. The lowest BCUT2D eigenvalue weighted by atomic mass is 10.1. The quantitative estimate of drug-likeness (QED) is 0.840. The highest BCUT2D eigenvalue weighted by Crippen LogP contribution is 2.19. The number of ether oxygens (including phenoxy) is 1. The van der Waals surface area contributed by atoms with Crippen LogP contribution in [-0.4, -0.2) is 36.5 Å². The van der Waals surface area contributed by atoms with Gasteiger partial charge in [0.05, 0.1) is 6.61 Å². The van der Waals surface area contributed by atoms with Gasteiger partial charge in [0.1, 0.15) is 5.75 Å². The molecule has 0 spiro atoms. The molecule has 0 aromatic heterocycles. The van der Waals surface area contributed by atoms with Crippen LogP contribution < -0.4 is 10.1 Å². The van der Waals surface area contributed by atoms with E-state index in [1.807, 2.05) is 38.2 Å². The summed E-state index contributed by atoms with van der Waals surface area (Å²) in [6.07, 6.45) is 0.505.